The second-order valence-electron chi connectivity index (χ2n) is 10.9. The van der Waals surface area contributed by atoms with Crippen molar-refractivity contribution in [2.75, 3.05) is 74.2 Å². The molecule has 5 saturated heterocycles. The minimum absolute atomic E-state index is 0.00231. The molecule has 7 atom stereocenters. The highest BCUT2D eigenvalue weighted by atomic mass is 35.5. The first-order chi connectivity index (χ1) is 41.5. The van der Waals surface area contributed by atoms with Crippen LogP contribution in [0.1, 0.15) is 185 Å². The molecule has 0 amide bonds. The van der Waals surface area contributed by atoms with Gasteiger partial charge in [0.1, 0.15) is 19.3 Å². The van der Waals surface area contributed by atoms with Crippen molar-refractivity contribution in [3.63, 3.8) is 0 Å². The van der Waals surface area contributed by atoms with Gasteiger partial charge in [-0.15, -0.1) is 0 Å². The van der Waals surface area contributed by atoms with Crippen LogP contribution in [0.5, 0.6) is 0 Å². The van der Waals surface area contributed by atoms with Crippen molar-refractivity contribution in [3.8, 4) is 0 Å². The summed E-state index contributed by atoms with van der Waals surface area (Å²) in [6.07, 6.45) is -10.2. The van der Waals surface area contributed by atoms with Crippen molar-refractivity contribution >= 4 is 90.2 Å². The maximum atomic E-state index is 11.6. The minimum atomic E-state index is -2.25. The Morgan fingerprint density at radius 1 is 0.391 bits per heavy atom. The van der Waals surface area contributed by atoms with Gasteiger partial charge in [0, 0.05) is 0 Å². The standard InChI is InChI=1S/C7H14O3.C5H8O3.C5H10O3.C4H8O3.C3H2Cl2O3.C3H3ClO3.C3H2F2O3.C3H3FO3.C3H6O3.9C2H6/c1-3-5-9-7(8)10-6-4-2;1-2-4-3-7-5(6)8-4;1-3-7-5(6)8-4-2;1-3-7-4(5)6-2;4-1-2(5)8-3(6)7-1;4-2-1-6-3(5)7-2;4-1-2(5)8-3(6)7-1;4-2-1-6-3(5)7-2;1-5-3(4)6-2;9*1-2/h3-6H2,1-2H3;4H,2-3H2,1H3;3-4H2,1-2H3;3H2,1-2H3;1-2H;2H,1H2;1-2H;2H,1H2;1-2H3;9*1-2H3. The summed E-state index contributed by atoms with van der Waals surface area (Å²) in [5, 5.41) is 0. The summed E-state index contributed by atoms with van der Waals surface area (Å²) >= 11 is 15.8. The Labute approximate surface area is 531 Å². The first kappa shape index (κ1) is 112. The number of methoxy groups -OCH3 is 3. The summed E-state index contributed by atoms with van der Waals surface area (Å²) in [6.45, 7) is 49.3. The highest BCUT2D eigenvalue weighted by molar-refractivity contribution is 6.29. The van der Waals surface area contributed by atoms with Crippen molar-refractivity contribution in [1.82, 2.24) is 0 Å². The Balaban J connectivity index is -0.0000000624. The summed E-state index contributed by atoms with van der Waals surface area (Å²) in [5.74, 6) is 0. The Morgan fingerprint density at radius 3 is 0.828 bits per heavy atom. The molecule has 5 aliphatic rings. The predicted molar refractivity (Wildman–Crippen MR) is 322 cm³/mol. The molecule has 0 saturated carbocycles. The molecule has 0 N–H and O–H groups in total. The van der Waals surface area contributed by atoms with Crippen LogP contribution in [0.4, 0.5) is 56.3 Å². The van der Waals surface area contributed by atoms with Gasteiger partial charge in [0.25, 0.3) is 6.36 Å². The molecule has 0 aromatic heterocycles. The lowest BCUT2D eigenvalue weighted by Gasteiger charge is -2.02. The van der Waals surface area contributed by atoms with E-state index in [1.165, 1.54) is 21.3 Å². The van der Waals surface area contributed by atoms with E-state index < -0.39 is 91.2 Å². The molecule has 5 heterocycles. The lowest BCUT2D eigenvalue weighted by Crippen LogP contribution is -2.09. The zero-order valence-electron chi connectivity index (χ0n) is 56.6. The van der Waals surface area contributed by atoms with E-state index in [1.807, 2.05) is 145 Å². The van der Waals surface area contributed by atoms with E-state index in [4.69, 9.17) is 34.8 Å². The molecule has 33 heteroatoms. The van der Waals surface area contributed by atoms with E-state index in [2.05, 4.69) is 85.3 Å². The summed E-state index contributed by atoms with van der Waals surface area (Å²) < 4.78 is 111. The average molecular weight is 1350 g/mol. The van der Waals surface area contributed by atoms with Crippen LogP contribution < -0.4 is 0 Å². The van der Waals surface area contributed by atoms with E-state index in [9.17, 15) is 56.3 Å². The van der Waals surface area contributed by atoms with Crippen LogP contribution in [0, 0.1) is 0 Å². The van der Waals surface area contributed by atoms with Gasteiger partial charge in [0.2, 0.25) is 16.7 Å². The number of cyclic esters (lactones) is 10. The van der Waals surface area contributed by atoms with Crippen molar-refractivity contribution in [2.45, 2.75) is 227 Å². The fourth-order valence-corrected chi connectivity index (χ4v) is 3.15. The maximum Gasteiger partial charge on any atom is 0.513 e. The van der Waals surface area contributed by atoms with Crippen LogP contribution in [0.15, 0.2) is 0 Å². The molecule has 5 aliphatic heterocycles. The van der Waals surface area contributed by atoms with Gasteiger partial charge in [-0.2, -0.15) is 13.2 Å². The highest BCUT2D eigenvalue weighted by Gasteiger charge is 2.36. The highest BCUT2D eigenvalue weighted by Crippen LogP contribution is 2.21. The second kappa shape index (κ2) is 99.1. The van der Waals surface area contributed by atoms with Crippen molar-refractivity contribution in [3.05, 3.63) is 0 Å². The fourth-order valence-electron chi connectivity index (χ4n) is 2.77. The smallest absolute Gasteiger partial charge is 0.438 e. The maximum absolute atomic E-state index is 11.6. The van der Waals surface area contributed by atoms with Crippen LogP contribution in [-0.2, 0) is 85.3 Å². The Hall–Kier alpha value is -5.91. The summed E-state index contributed by atoms with van der Waals surface area (Å²) in [4.78, 5) is 90.1. The quantitative estimate of drug-likeness (QED) is 0.124. The number of carbonyl (C=O) groups excluding carboxylic acids is 9. The first-order valence-electron chi connectivity index (χ1n) is 28.5. The predicted octanol–water partition coefficient (Wildman–Crippen LogP) is 17.7. The van der Waals surface area contributed by atoms with Crippen molar-refractivity contribution in [1.29, 1.82) is 0 Å². The summed E-state index contributed by atoms with van der Waals surface area (Å²) in [6, 6.07) is 0. The van der Waals surface area contributed by atoms with Crippen LogP contribution in [-0.4, -0.2) is 171 Å². The molecule has 0 bridgehead atoms. The van der Waals surface area contributed by atoms with E-state index in [-0.39, 0.29) is 19.3 Å². The van der Waals surface area contributed by atoms with E-state index in [0.29, 0.717) is 39.6 Å². The van der Waals surface area contributed by atoms with E-state index >= 15 is 0 Å². The number of alkyl halides is 6. The average Bonchev–Trinajstić information content (AvgIpc) is 4.48. The van der Waals surface area contributed by atoms with Gasteiger partial charge in [0.05, 0.1) is 54.4 Å². The molecule has 27 nitrogen and oxygen atoms in total. The molecule has 0 radical (unpaired) electrons. The zero-order chi connectivity index (χ0) is 71.7. The molecule has 0 spiro atoms. The third-order valence-electron chi connectivity index (χ3n) is 5.60. The van der Waals surface area contributed by atoms with Gasteiger partial charge in [0.15, 0.2) is 6.61 Å². The summed E-state index contributed by atoms with van der Waals surface area (Å²) in [7, 11) is 3.79. The first-order valence-corrected chi connectivity index (χ1v) is 29.9. The largest absolute Gasteiger partial charge is 0.513 e. The molecule has 5 rings (SSSR count). The zero-order valence-corrected chi connectivity index (χ0v) is 58.9. The molecule has 530 valence electrons. The van der Waals surface area contributed by atoms with Gasteiger partial charge in [-0.3, -0.25) is 0 Å². The number of hydrogen-bond acceptors (Lipinski definition) is 27. The van der Waals surface area contributed by atoms with Crippen LogP contribution in [0.2, 0.25) is 0 Å². The number of carbonyl (C=O) groups is 9. The lowest BCUT2D eigenvalue weighted by molar-refractivity contribution is -0.0349. The van der Waals surface area contributed by atoms with Gasteiger partial charge in [-0.1, -0.05) is 180 Å². The Morgan fingerprint density at radius 2 is 0.690 bits per heavy atom. The van der Waals surface area contributed by atoms with Gasteiger partial charge in [-0.05, 0) is 40.0 Å². The summed E-state index contributed by atoms with van der Waals surface area (Å²) in [5.41, 5.74) is -2.26. The van der Waals surface area contributed by atoms with Gasteiger partial charge in [-0.25, -0.2) is 43.2 Å². The molecular formula is C54H110Cl3F3O27. The van der Waals surface area contributed by atoms with Crippen molar-refractivity contribution < 1.29 is 142 Å². The third-order valence-corrected chi connectivity index (χ3v) is 6.58. The van der Waals surface area contributed by atoms with Crippen LogP contribution >= 0.6 is 34.8 Å². The van der Waals surface area contributed by atoms with E-state index in [0.717, 1.165) is 19.3 Å². The Kier molecular flexibility index (Phi) is 128. The molecular weight excluding hydrogens is 1240 g/mol. The Bertz CT molecular complexity index is 1360. The molecule has 0 aromatic rings. The molecule has 7 unspecified atom stereocenters. The number of hydrogen-bond donors (Lipinski definition) is 0. The topological polar surface area (TPSA) is 320 Å². The molecule has 87 heavy (non-hydrogen) atoms. The molecule has 5 fully saturated rings. The van der Waals surface area contributed by atoms with Gasteiger partial charge < -0.3 is 85.3 Å². The number of rotatable bonds is 8. The number of ether oxygens (including phenoxy) is 18. The van der Waals surface area contributed by atoms with Crippen molar-refractivity contribution in [2.24, 2.45) is 0 Å². The monoisotopic (exact) mass is 1350 g/mol. The van der Waals surface area contributed by atoms with E-state index in [1.54, 1.807) is 20.8 Å². The van der Waals surface area contributed by atoms with Crippen LogP contribution in [0.25, 0.3) is 0 Å². The molecule has 0 aromatic carbocycles. The van der Waals surface area contributed by atoms with Crippen LogP contribution in [0.3, 0.4) is 0 Å². The second-order valence-corrected chi connectivity index (χ2v) is 12.2. The number of halogens is 6. The molecule has 0 aliphatic carbocycles. The minimum Gasteiger partial charge on any atom is -0.438 e. The SMILES string of the molecule is CC.CC.CC.CC.CC.CC.CC.CC.CC.CCC1COC(=O)O1.CCCOC(=O)OCCC.CCOC(=O)OC.CCOC(=O)OCC.COC(=O)OC.O=C1OC(Cl)C(Cl)O1.O=C1OC(F)C(F)O1.O=C1OCC(Cl)O1.O=C1OCC(F)O1. The normalized spacial score (nSPS) is 17.4. The lowest BCUT2D eigenvalue weighted by atomic mass is 10.3. The third kappa shape index (κ3) is 99.4. The van der Waals surface area contributed by atoms with Gasteiger partial charge >= 0.3 is 68.1 Å². The fraction of sp³-hybridized carbons (Fsp3) is 0.833.